The largest absolute Gasteiger partial charge is 0.367 e. The molecule has 0 fully saturated rings. The zero-order valence-electron chi connectivity index (χ0n) is 11.8. The first kappa shape index (κ1) is 14.2. The maximum absolute atomic E-state index is 8.85. The van der Waals surface area contributed by atoms with E-state index in [1.54, 1.807) is 18.3 Å². The van der Waals surface area contributed by atoms with Crippen LogP contribution in [0.5, 0.6) is 0 Å². The van der Waals surface area contributed by atoms with E-state index in [9.17, 15) is 0 Å². The second-order valence-electron chi connectivity index (χ2n) is 4.48. The second-order valence-corrected chi connectivity index (χ2v) is 4.48. The summed E-state index contributed by atoms with van der Waals surface area (Å²) in [5.41, 5.74) is 0.414. The van der Waals surface area contributed by atoms with Gasteiger partial charge in [-0.2, -0.15) is 10.2 Å². The first-order chi connectivity index (χ1) is 9.62. The molecular formula is C14H16N4O2. The summed E-state index contributed by atoms with van der Waals surface area (Å²) in [5, 5.41) is 12.8. The van der Waals surface area contributed by atoms with Crippen LogP contribution in [0.25, 0.3) is 11.5 Å². The van der Waals surface area contributed by atoms with Crippen LogP contribution in [0.4, 0.5) is 0 Å². The van der Waals surface area contributed by atoms with E-state index in [1.807, 2.05) is 26.8 Å². The molecule has 0 spiro atoms. The number of nitrogens with zero attached hydrogens (tertiary/aromatic N) is 4. The second kappa shape index (κ2) is 5.80. The summed E-state index contributed by atoms with van der Waals surface area (Å²) in [5.74, 6) is 0.866. The summed E-state index contributed by atoms with van der Waals surface area (Å²) >= 11 is 0. The van der Waals surface area contributed by atoms with Crippen molar-refractivity contribution in [3.63, 3.8) is 0 Å². The number of pyridine rings is 1. The van der Waals surface area contributed by atoms with Gasteiger partial charge >= 0.3 is 0 Å². The van der Waals surface area contributed by atoms with Gasteiger partial charge in [0, 0.05) is 18.4 Å². The number of aromatic nitrogens is 3. The average molecular weight is 272 g/mol. The number of nitriles is 1. The van der Waals surface area contributed by atoms with E-state index in [2.05, 4.69) is 15.1 Å². The molecule has 2 heterocycles. The monoisotopic (exact) mass is 272 g/mol. The van der Waals surface area contributed by atoms with Crippen LogP contribution in [0.2, 0.25) is 0 Å². The summed E-state index contributed by atoms with van der Waals surface area (Å²) in [6, 6.07) is 5.32. The average Bonchev–Trinajstić information content (AvgIpc) is 2.98. The minimum absolute atomic E-state index is 0.310. The molecule has 6 heteroatoms. The Morgan fingerprint density at radius 1 is 1.45 bits per heavy atom. The van der Waals surface area contributed by atoms with Crippen molar-refractivity contribution in [3.8, 4) is 17.5 Å². The maximum atomic E-state index is 8.85. The molecule has 20 heavy (non-hydrogen) atoms. The number of rotatable bonds is 5. The summed E-state index contributed by atoms with van der Waals surface area (Å²) in [4.78, 5) is 8.29. The first-order valence-electron chi connectivity index (χ1n) is 6.47. The molecule has 0 aliphatic rings. The molecule has 104 valence electrons. The van der Waals surface area contributed by atoms with E-state index in [1.165, 1.54) is 0 Å². The van der Waals surface area contributed by atoms with E-state index < -0.39 is 5.60 Å². The van der Waals surface area contributed by atoms with Crippen molar-refractivity contribution in [2.75, 3.05) is 6.61 Å². The Morgan fingerprint density at radius 3 is 2.90 bits per heavy atom. The van der Waals surface area contributed by atoms with Gasteiger partial charge in [0.15, 0.2) is 0 Å². The van der Waals surface area contributed by atoms with Gasteiger partial charge in [-0.15, -0.1) is 0 Å². The maximum Gasteiger partial charge on any atom is 0.258 e. The molecule has 0 aliphatic heterocycles. The first-order valence-corrected chi connectivity index (χ1v) is 6.47. The lowest BCUT2D eigenvalue weighted by Crippen LogP contribution is -2.26. The van der Waals surface area contributed by atoms with Gasteiger partial charge < -0.3 is 9.26 Å². The van der Waals surface area contributed by atoms with E-state index in [-0.39, 0.29) is 0 Å². The van der Waals surface area contributed by atoms with Crippen molar-refractivity contribution in [1.82, 2.24) is 15.1 Å². The Bertz CT molecular complexity index is 632. The molecule has 0 saturated carbocycles. The third kappa shape index (κ3) is 2.68. The predicted molar refractivity (Wildman–Crippen MR) is 71.5 cm³/mol. The lowest BCUT2D eigenvalue weighted by Gasteiger charge is -2.23. The van der Waals surface area contributed by atoms with Crippen LogP contribution in [0, 0.1) is 11.3 Å². The van der Waals surface area contributed by atoms with Gasteiger partial charge in [0.05, 0.1) is 0 Å². The molecular weight excluding hydrogens is 256 g/mol. The Morgan fingerprint density at radius 2 is 2.25 bits per heavy atom. The fourth-order valence-corrected chi connectivity index (χ4v) is 1.82. The van der Waals surface area contributed by atoms with Gasteiger partial charge in [-0.05, 0) is 32.4 Å². The van der Waals surface area contributed by atoms with E-state index in [0.29, 0.717) is 29.6 Å². The lowest BCUT2D eigenvalue weighted by molar-refractivity contribution is -0.0403. The SMILES string of the molecule is CCOC(C)(CC)c1noc(-c2ccnc(C#N)c2)n1. The Labute approximate surface area is 117 Å². The predicted octanol–water partition coefficient (Wildman–Crippen LogP) is 2.66. The Kier molecular flexibility index (Phi) is 4.11. The number of hydrogen-bond acceptors (Lipinski definition) is 6. The summed E-state index contributed by atoms with van der Waals surface area (Å²) in [6.45, 7) is 6.43. The summed E-state index contributed by atoms with van der Waals surface area (Å²) in [7, 11) is 0. The minimum atomic E-state index is -0.568. The minimum Gasteiger partial charge on any atom is -0.367 e. The van der Waals surface area contributed by atoms with Crippen molar-refractivity contribution >= 4 is 0 Å². The van der Waals surface area contributed by atoms with Gasteiger partial charge in [-0.25, -0.2) is 4.98 Å². The highest BCUT2D eigenvalue weighted by Gasteiger charge is 2.31. The zero-order chi connectivity index (χ0) is 14.6. The van der Waals surface area contributed by atoms with Crippen LogP contribution >= 0.6 is 0 Å². The van der Waals surface area contributed by atoms with Crippen molar-refractivity contribution in [2.24, 2.45) is 0 Å². The Balaban J connectivity index is 2.35. The highest BCUT2D eigenvalue weighted by atomic mass is 16.5. The topological polar surface area (TPSA) is 84.8 Å². The zero-order valence-corrected chi connectivity index (χ0v) is 11.8. The van der Waals surface area contributed by atoms with Gasteiger partial charge in [-0.1, -0.05) is 12.1 Å². The van der Waals surface area contributed by atoms with Crippen LogP contribution in [-0.2, 0) is 10.3 Å². The quantitative estimate of drug-likeness (QED) is 0.831. The van der Waals surface area contributed by atoms with Crippen molar-refractivity contribution in [3.05, 3.63) is 29.8 Å². The smallest absolute Gasteiger partial charge is 0.258 e. The number of ether oxygens (including phenoxy) is 1. The molecule has 1 atom stereocenters. The third-order valence-electron chi connectivity index (χ3n) is 3.16. The van der Waals surface area contributed by atoms with Crippen LogP contribution < -0.4 is 0 Å². The van der Waals surface area contributed by atoms with Gasteiger partial charge in [0.2, 0.25) is 5.82 Å². The molecule has 0 aliphatic carbocycles. The Hall–Kier alpha value is -2.26. The molecule has 0 amide bonds. The van der Waals surface area contributed by atoms with E-state index >= 15 is 0 Å². The van der Waals surface area contributed by atoms with Crippen molar-refractivity contribution < 1.29 is 9.26 Å². The summed E-state index contributed by atoms with van der Waals surface area (Å²) in [6.07, 6.45) is 2.28. The molecule has 0 aromatic carbocycles. The normalized spacial score (nSPS) is 13.7. The highest BCUT2D eigenvalue weighted by Crippen LogP contribution is 2.28. The van der Waals surface area contributed by atoms with E-state index in [4.69, 9.17) is 14.5 Å². The molecule has 0 saturated heterocycles. The van der Waals surface area contributed by atoms with Crippen LogP contribution in [0.15, 0.2) is 22.9 Å². The molecule has 2 rings (SSSR count). The van der Waals surface area contributed by atoms with Gasteiger partial charge in [-0.3, -0.25) is 0 Å². The van der Waals surface area contributed by atoms with Crippen LogP contribution in [0.1, 0.15) is 38.7 Å². The van der Waals surface area contributed by atoms with Gasteiger partial charge in [0.25, 0.3) is 5.89 Å². The molecule has 2 aromatic rings. The van der Waals surface area contributed by atoms with Crippen LogP contribution in [0.3, 0.4) is 0 Å². The fraction of sp³-hybridized carbons (Fsp3) is 0.429. The molecule has 0 radical (unpaired) electrons. The van der Waals surface area contributed by atoms with Crippen molar-refractivity contribution in [1.29, 1.82) is 5.26 Å². The van der Waals surface area contributed by atoms with Crippen LogP contribution in [-0.4, -0.2) is 21.7 Å². The third-order valence-corrected chi connectivity index (χ3v) is 3.16. The van der Waals surface area contributed by atoms with Crippen molar-refractivity contribution in [2.45, 2.75) is 32.8 Å². The molecule has 6 nitrogen and oxygen atoms in total. The molecule has 1 unspecified atom stereocenters. The summed E-state index contributed by atoms with van der Waals surface area (Å²) < 4.78 is 11.0. The van der Waals surface area contributed by atoms with Gasteiger partial charge in [0.1, 0.15) is 17.4 Å². The molecule has 0 bridgehead atoms. The van der Waals surface area contributed by atoms with E-state index in [0.717, 1.165) is 6.42 Å². The standard InChI is InChI=1S/C14H16N4O2/c1-4-14(3,19-5-2)13-17-12(20-18-13)10-6-7-16-11(8-10)9-15/h6-8H,4-5H2,1-3H3. The number of hydrogen-bond donors (Lipinski definition) is 0. The lowest BCUT2D eigenvalue weighted by atomic mass is 10.0. The molecule has 0 N–H and O–H groups in total. The highest BCUT2D eigenvalue weighted by molar-refractivity contribution is 5.54. The molecule has 2 aromatic heterocycles. The fourth-order valence-electron chi connectivity index (χ4n) is 1.82.